The van der Waals surface area contributed by atoms with Crippen molar-refractivity contribution in [1.29, 1.82) is 0 Å². The minimum absolute atomic E-state index is 0.0803. The quantitative estimate of drug-likeness (QED) is 0.657. The van der Waals surface area contributed by atoms with Crippen LogP contribution >= 0.6 is 0 Å². The normalized spacial score (nSPS) is 13.7. The first-order chi connectivity index (χ1) is 5.43. The molecule has 0 aromatic carbocycles. The first-order valence-electron chi connectivity index (χ1n) is 3.15. The van der Waals surface area contributed by atoms with E-state index in [-0.39, 0.29) is 5.57 Å². The maximum absolute atomic E-state index is 10.3. The van der Waals surface area contributed by atoms with Gasteiger partial charge in [-0.05, 0) is 19.9 Å². The van der Waals surface area contributed by atoms with Crippen molar-refractivity contribution in [2.24, 2.45) is 4.36 Å². The first-order valence-corrected chi connectivity index (χ1v) is 4.18. The third-order valence-corrected chi connectivity index (χ3v) is 1.59. The van der Waals surface area contributed by atoms with E-state index in [0.717, 1.165) is 0 Å². The zero-order chi connectivity index (χ0) is 9.72. The molecule has 0 saturated carbocycles. The van der Waals surface area contributed by atoms with Crippen LogP contribution in [0, 0.1) is 0 Å². The Morgan fingerprint density at radius 2 is 2.08 bits per heavy atom. The Morgan fingerprint density at radius 1 is 1.58 bits per heavy atom. The topological polar surface area (TPSA) is 83.8 Å². The van der Waals surface area contributed by atoms with Crippen LogP contribution in [0.2, 0.25) is 0 Å². The maximum Gasteiger partial charge on any atom is 0.331 e. The van der Waals surface area contributed by atoms with E-state index in [1.54, 1.807) is 0 Å². The molecule has 0 amide bonds. The summed E-state index contributed by atoms with van der Waals surface area (Å²) >= 11 is 0. The number of carboxylic acids is 1. The van der Waals surface area contributed by atoms with Crippen LogP contribution < -0.4 is 0 Å². The fraction of sp³-hybridized carbons (Fsp3) is 0.500. The average Bonchev–Trinajstić information content (AvgIpc) is 1.84. The number of hydrogen-bond acceptors (Lipinski definition) is 4. The summed E-state index contributed by atoms with van der Waals surface area (Å²) < 4.78 is 23.2. The van der Waals surface area contributed by atoms with Gasteiger partial charge in [-0.3, -0.25) is 0 Å². The van der Waals surface area contributed by atoms with Crippen molar-refractivity contribution in [3.63, 3.8) is 0 Å². The fourth-order valence-electron chi connectivity index (χ4n) is 0.599. The smallest absolute Gasteiger partial charge is 0.331 e. The molecule has 0 rings (SSSR count). The summed E-state index contributed by atoms with van der Waals surface area (Å²) in [5.74, 6) is -1.08. The van der Waals surface area contributed by atoms with Gasteiger partial charge in [-0.25, -0.2) is 4.79 Å². The van der Waals surface area contributed by atoms with Gasteiger partial charge in [0.25, 0.3) is 0 Å². The molecule has 0 aromatic rings. The maximum atomic E-state index is 10.3. The van der Waals surface area contributed by atoms with Crippen molar-refractivity contribution < 1.29 is 18.3 Å². The van der Waals surface area contributed by atoms with Gasteiger partial charge >= 0.3 is 16.5 Å². The van der Waals surface area contributed by atoms with Crippen molar-refractivity contribution in [1.82, 2.24) is 0 Å². The van der Waals surface area contributed by atoms with Crippen LogP contribution in [0.4, 0.5) is 0 Å². The molecule has 6 heteroatoms. The molecule has 68 valence electrons. The monoisotopic (exact) mass is 191 g/mol. The molecule has 0 aliphatic rings. The zero-order valence-corrected chi connectivity index (χ0v) is 7.50. The van der Waals surface area contributed by atoms with Gasteiger partial charge in [-0.15, -0.1) is 0 Å². The molecule has 0 spiro atoms. The summed E-state index contributed by atoms with van der Waals surface area (Å²) in [7, 11) is -2.49. The van der Waals surface area contributed by atoms with Crippen LogP contribution in [0.3, 0.4) is 0 Å². The lowest BCUT2D eigenvalue weighted by Gasteiger charge is -1.95. The Balaban J connectivity index is 4.55. The highest BCUT2D eigenvalue weighted by molar-refractivity contribution is 7.61. The lowest BCUT2D eigenvalue weighted by Crippen LogP contribution is -2.01. The van der Waals surface area contributed by atoms with Crippen molar-refractivity contribution in [2.75, 3.05) is 0 Å². The molecule has 0 radical (unpaired) electrons. The minimum atomic E-state index is -2.49. The van der Waals surface area contributed by atoms with E-state index in [4.69, 9.17) is 5.11 Å². The third-order valence-electron chi connectivity index (χ3n) is 1.08. The molecule has 12 heavy (non-hydrogen) atoms. The van der Waals surface area contributed by atoms with Gasteiger partial charge in [0.15, 0.2) is 0 Å². The van der Waals surface area contributed by atoms with Crippen LogP contribution in [0.25, 0.3) is 0 Å². The number of hydrogen-bond donors (Lipinski definition) is 1. The summed E-state index contributed by atoms with van der Waals surface area (Å²) in [5, 5.41) is 8.40. The molecule has 0 heterocycles. The second kappa shape index (κ2) is 4.66. The first kappa shape index (κ1) is 10.8. The summed E-state index contributed by atoms with van der Waals surface area (Å²) in [6, 6.07) is -0.626. The van der Waals surface area contributed by atoms with E-state index in [2.05, 4.69) is 4.36 Å². The van der Waals surface area contributed by atoms with E-state index in [1.807, 2.05) is 0 Å². The minimum Gasteiger partial charge on any atom is -0.478 e. The van der Waals surface area contributed by atoms with E-state index in [0.29, 0.717) is 0 Å². The summed E-state index contributed by atoms with van der Waals surface area (Å²) in [6.07, 6.45) is 1.26. The second-order valence-corrected chi connectivity index (χ2v) is 2.86. The Labute approximate surface area is 71.4 Å². The molecular weight excluding hydrogens is 182 g/mol. The number of carboxylic acid groups (broad SMARTS) is 1. The van der Waals surface area contributed by atoms with Crippen LogP contribution in [0.15, 0.2) is 16.0 Å². The molecule has 1 atom stereocenters. The van der Waals surface area contributed by atoms with Gasteiger partial charge in [0.2, 0.25) is 0 Å². The molecule has 1 unspecified atom stereocenters. The Hall–Kier alpha value is -1.17. The number of carbonyl (C=O) groups is 1. The van der Waals surface area contributed by atoms with E-state index >= 15 is 0 Å². The zero-order valence-electron chi connectivity index (χ0n) is 6.68. The highest BCUT2D eigenvalue weighted by atomic mass is 32.2. The highest BCUT2D eigenvalue weighted by Crippen LogP contribution is 1.98. The van der Waals surface area contributed by atoms with Gasteiger partial charge in [0, 0.05) is 5.57 Å². The highest BCUT2D eigenvalue weighted by Gasteiger charge is 2.02. The molecule has 0 aliphatic carbocycles. The summed E-state index contributed by atoms with van der Waals surface area (Å²) in [5.41, 5.74) is 0.0803. The molecule has 0 fully saturated rings. The number of rotatable bonds is 3. The van der Waals surface area contributed by atoms with E-state index < -0.39 is 22.5 Å². The van der Waals surface area contributed by atoms with E-state index in [9.17, 15) is 13.2 Å². The van der Waals surface area contributed by atoms with E-state index in [1.165, 1.54) is 19.9 Å². The largest absolute Gasteiger partial charge is 0.478 e. The summed E-state index contributed by atoms with van der Waals surface area (Å²) in [4.78, 5) is 10.3. The lowest BCUT2D eigenvalue weighted by molar-refractivity contribution is -0.132. The van der Waals surface area contributed by atoms with Crippen LogP contribution in [0.1, 0.15) is 13.8 Å². The Morgan fingerprint density at radius 3 is 2.42 bits per heavy atom. The summed E-state index contributed by atoms with van der Waals surface area (Å²) in [6.45, 7) is 2.87. The van der Waals surface area contributed by atoms with Crippen molar-refractivity contribution in [2.45, 2.75) is 19.9 Å². The number of nitrogens with zero attached hydrogens (tertiary/aromatic N) is 1. The lowest BCUT2D eigenvalue weighted by atomic mass is 10.2. The van der Waals surface area contributed by atoms with Crippen molar-refractivity contribution >= 4 is 16.5 Å². The average molecular weight is 191 g/mol. The molecular formula is C6H9NO4S. The van der Waals surface area contributed by atoms with Crippen molar-refractivity contribution in [3.05, 3.63) is 11.6 Å². The van der Waals surface area contributed by atoms with Crippen LogP contribution in [0.5, 0.6) is 0 Å². The fourth-order valence-corrected chi connectivity index (χ4v) is 0.932. The molecule has 0 aliphatic heterocycles. The van der Waals surface area contributed by atoms with Gasteiger partial charge in [-0.2, -0.15) is 12.8 Å². The SMILES string of the molecule is CC(=CC(C)N=S(=O)=O)C(=O)O. The van der Waals surface area contributed by atoms with Crippen molar-refractivity contribution in [3.8, 4) is 0 Å². The second-order valence-electron chi connectivity index (χ2n) is 2.22. The van der Waals surface area contributed by atoms with Gasteiger partial charge in [0.05, 0.1) is 6.04 Å². The van der Waals surface area contributed by atoms with Crippen LogP contribution in [-0.4, -0.2) is 25.5 Å². The Kier molecular flexibility index (Phi) is 4.20. The van der Waals surface area contributed by atoms with Gasteiger partial charge in [0.1, 0.15) is 0 Å². The predicted octanol–water partition coefficient (Wildman–Crippen LogP) is 0.469. The standard InChI is InChI=1S/C6H9NO4S/c1-4(6(8)9)3-5(2)7-12(10)11/h3,5H,1-2H3,(H,8,9). The predicted molar refractivity (Wildman–Crippen MR) is 42.2 cm³/mol. The Bertz CT molecular complexity index is 319. The molecule has 0 bridgehead atoms. The molecule has 5 nitrogen and oxygen atoms in total. The third kappa shape index (κ3) is 4.62. The van der Waals surface area contributed by atoms with Gasteiger partial charge in [-0.1, -0.05) is 0 Å². The molecule has 0 saturated heterocycles. The van der Waals surface area contributed by atoms with Gasteiger partial charge < -0.3 is 5.11 Å². The molecule has 0 aromatic heterocycles. The van der Waals surface area contributed by atoms with Crippen LogP contribution in [-0.2, 0) is 15.3 Å². The number of aliphatic carboxylic acids is 1. The molecule has 1 N–H and O–H groups in total.